The standard InChI is InChI=1S/C9H13Cl2N3/c1-2-4-14(5-3-10)9-8(11)6-12-7-13-9/h6-7H,2-5H2,1H3. The minimum atomic E-state index is 0.570. The predicted molar refractivity (Wildman–Crippen MR) is 60.3 cm³/mol. The third kappa shape index (κ3) is 3.00. The molecule has 78 valence electrons. The Morgan fingerprint density at radius 3 is 2.79 bits per heavy atom. The molecule has 1 heterocycles. The second kappa shape index (κ2) is 6.04. The lowest BCUT2D eigenvalue weighted by atomic mass is 10.4. The summed E-state index contributed by atoms with van der Waals surface area (Å²) in [5.74, 6) is 1.34. The van der Waals surface area contributed by atoms with E-state index in [1.807, 2.05) is 0 Å². The Hall–Kier alpha value is -0.540. The van der Waals surface area contributed by atoms with E-state index in [1.165, 1.54) is 6.33 Å². The average Bonchev–Trinajstić information content (AvgIpc) is 2.18. The Balaban J connectivity index is 2.81. The smallest absolute Gasteiger partial charge is 0.150 e. The quantitative estimate of drug-likeness (QED) is 0.733. The number of alkyl halides is 1. The molecule has 0 bridgehead atoms. The molecular formula is C9H13Cl2N3. The summed E-state index contributed by atoms with van der Waals surface area (Å²) in [6, 6.07) is 0. The van der Waals surface area contributed by atoms with Gasteiger partial charge in [0.15, 0.2) is 5.82 Å². The maximum absolute atomic E-state index is 5.98. The molecule has 14 heavy (non-hydrogen) atoms. The molecule has 3 nitrogen and oxygen atoms in total. The SMILES string of the molecule is CCCN(CCCl)c1ncncc1Cl. The zero-order valence-electron chi connectivity index (χ0n) is 8.08. The van der Waals surface area contributed by atoms with Gasteiger partial charge in [0.25, 0.3) is 0 Å². The Kier molecular flexibility index (Phi) is 4.98. The number of nitrogens with zero attached hydrogens (tertiary/aromatic N) is 3. The normalized spacial score (nSPS) is 10.2. The van der Waals surface area contributed by atoms with E-state index in [9.17, 15) is 0 Å². The van der Waals surface area contributed by atoms with Crippen LogP contribution in [0.3, 0.4) is 0 Å². The van der Waals surface area contributed by atoms with Crippen LogP contribution in [0, 0.1) is 0 Å². The minimum Gasteiger partial charge on any atom is -0.354 e. The van der Waals surface area contributed by atoms with Crippen LogP contribution in [0.15, 0.2) is 12.5 Å². The molecule has 1 aromatic rings. The van der Waals surface area contributed by atoms with E-state index in [4.69, 9.17) is 23.2 Å². The van der Waals surface area contributed by atoms with Crippen molar-refractivity contribution in [1.29, 1.82) is 0 Å². The van der Waals surface area contributed by atoms with Gasteiger partial charge >= 0.3 is 0 Å². The number of anilines is 1. The lowest BCUT2D eigenvalue weighted by molar-refractivity contribution is 0.779. The van der Waals surface area contributed by atoms with Crippen molar-refractivity contribution in [2.24, 2.45) is 0 Å². The number of hydrogen-bond acceptors (Lipinski definition) is 3. The van der Waals surface area contributed by atoms with Crippen molar-refractivity contribution in [3.8, 4) is 0 Å². The van der Waals surface area contributed by atoms with Crippen molar-refractivity contribution in [3.05, 3.63) is 17.5 Å². The fraction of sp³-hybridized carbons (Fsp3) is 0.556. The minimum absolute atomic E-state index is 0.570. The topological polar surface area (TPSA) is 29.0 Å². The molecule has 0 radical (unpaired) electrons. The lowest BCUT2D eigenvalue weighted by Crippen LogP contribution is -2.27. The fourth-order valence-corrected chi connectivity index (χ4v) is 1.66. The van der Waals surface area contributed by atoms with Crippen molar-refractivity contribution >= 4 is 29.0 Å². The van der Waals surface area contributed by atoms with Gasteiger partial charge in [0.1, 0.15) is 11.3 Å². The molecule has 0 aromatic carbocycles. The summed E-state index contributed by atoms with van der Waals surface area (Å²) >= 11 is 11.7. The van der Waals surface area contributed by atoms with Crippen molar-refractivity contribution in [3.63, 3.8) is 0 Å². The van der Waals surface area contributed by atoms with Gasteiger partial charge in [0, 0.05) is 19.0 Å². The first-order valence-electron chi connectivity index (χ1n) is 4.56. The van der Waals surface area contributed by atoms with Crippen LogP contribution < -0.4 is 4.90 Å². The third-order valence-corrected chi connectivity index (χ3v) is 2.23. The predicted octanol–water partition coefficient (Wildman–Crippen LogP) is 2.59. The van der Waals surface area contributed by atoms with Crippen LogP contribution in [0.5, 0.6) is 0 Å². The van der Waals surface area contributed by atoms with Gasteiger partial charge in [-0.15, -0.1) is 11.6 Å². The molecule has 5 heteroatoms. The summed E-state index contributed by atoms with van der Waals surface area (Å²) in [5, 5.41) is 0.575. The van der Waals surface area contributed by atoms with E-state index < -0.39 is 0 Å². The monoisotopic (exact) mass is 233 g/mol. The summed E-state index contributed by atoms with van der Waals surface area (Å²) in [7, 11) is 0. The van der Waals surface area contributed by atoms with E-state index in [-0.39, 0.29) is 0 Å². The van der Waals surface area contributed by atoms with Gasteiger partial charge in [0.2, 0.25) is 0 Å². The molecule has 0 atom stereocenters. The highest BCUT2D eigenvalue weighted by Crippen LogP contribution is 2.21. The molecule has 0 fully saturated rings. The van der Waals surface area contributed by atoms with Crippen LogP contribution in [0.1, 0.15) is 13.3 Å². The Labute approximate surface area is 94.1 Å². The summed E-state index contributed by atoms with van der Waals surface area (Å²) in [6.45, 7) is 3.77. The van der Waals surface area contributed by atoms with Crippen molar-refractivity contribution in [2.75, 3.05) is 23.9 Å². The second-order valence-corrected chi connectivity index (χ2v) is 3.66. The fourth-order valence-electron chi connectivity index (χ4n) is 1.23. The van der Waals surface area contributed by atoms with Crippen LogP contribution in [0.25, 0.3) is 0 Å². The molecule has 0 aliphatic rings. The average molecular weight is 234 g/mol. The van der Waals surface area contributed by atoms with Crippen molar-refractivity contribution < 1.29 is 0 Å². The van der Waals surface area contributed by atoms with E-state index in [0.29, 0.717) is 10.9 Å². The number of aromatic nitrogens is 2. The summed E-state index contributed by atoms with van der Waals surface area (Å²) in [6.07, 6.45) is 4.14. The number of rotatable bonds is 5. The molecule has 0 N–H and O–H groups in total. The molecule has 0 amide bonds. The molecule has 1 aromatic heterocycles. The maximum Gasteiger partial charge on any atom is 0.150 e. The van der Waals surface area contributed by atoms with Crippen molar-refractivity contribution in [2.45, 2.75) is 13.3 Å². The molecule has 0 aliphatic heterocycles. The van der Waals surface area contributed by atoms with E-state index in [1.54, 1.807) is 6.20 Å². The summed E-state index contributed by atoms with van der Waals surface area (Å²) in [4.78, 5) is 10.1. The number of hydrogen-bond donors (Lipinski definition) is 0. The number of halogens is 2. The summed E-state index contributed by atoms with van der Waals surface area (Å²) in [5.41, 5.74) is 0. The molecule has 0 saturated carbocycles. The molecule has 0 spiro atoms. The van der Waals surface area contributed by atoms with E-state index >= 15 is 0 Å². The highest BCUT2D eigenvalue weighted by atomic mass is 35.5. The van der Waals surface area contributed by atoms with Gasteiger partial charge in [0.05, 0.1) is 6.20 Å². The van der Waals surface area contributed by atoms with Gasteiger partial charge < -0.3 is 4.90 Å². The highest BCUT2D eigenvalue weighted by Gasteiger charge is 2.09. The highest BCUT2D eigenvalue weighted by molar-refractivity contribution is 6.32. The van der Waals surface area contributed by atoms with Gasteiger partial charge in [-0.3, -0.25) is 0 Å². The molecule has 0 aliphatic carbocycles. The second-order valence-electron chi connectivity index (χ2n) is 2.87. The zero-order valence-corrected chi connectivity index (χ0v) is 9.59. The largest absolute Gasteiger partial charge is 0.354 e. The maximum atomic E-state index is 5.98. The summed E-state index contributed by atoms with van der Waals surface area (Å²) < 4.78 is 0. The first-order chi connectivity index (χ1) is 6.79. The van der Waals surface area contributed by atoms with E-state index in [2.05, 4.69) is 21.8 Å². The Morgan fingerprint density at radius 1 is 1.43 bits per heavy atom. The zero-order chi connectivity index (χ0) is 10.4. The molecule has 0 saturated heterocycles. The first-order valence-corrected chi connectivity index (χ1v) is 5.47. The van der Waals surface area contributed by atoms with E-state index in [0.717, 1.165) is 25.3 Å². The molecular weight excluding hydrogens is 221 g/mol. The van der Waals surface area contributed by atoms with Crippen molar-refractivity contribution in [1.82, 2.24) is 9.97 Å². The Bertz CT molecular complexity index is 275. The van der Waals surface area contributed by atoms with Crippen LogP contribution in [0.4, 0.5) is 5.82 Å². The molecule has 1 rings (SSSR count). The van der Waals surface area contributed by atoms with Crippen LogP contribution in [0.2, 0.25) is 5.02 Å². The van der Waals surface area contributed by atoms with Crippen LogP contribution in [-0.2, 0) is 0 Å². The van der Waals surface area contributed by atoms with Crippen LogP contribution >= 0.6 is 23.2 Å². The Morgan fingerprint density at radius 2 is 2.21 bits per heavy atom. The van der Waals surface area contributed by atoms with Gasteiger partial charge in [-0.2, -0.15) is 0 Å². The van der Waals surface area contributed by atoms with Gasteiger partial charge in [-0.25, -0.2) is 9.97 Å². The van der Waals surface area contributed by atoms with Gasteiger partial charge in [-0.1, -0.05) is 18.5 Å². The first kappa shape index (κ1) is 11.5. The molecule has 0 unspecified atom stereocenters. The third-order valence-electron chi connectivity index (χ3n) is 1.80. The lowest BCUT2D eigenvalue weighted by Gasteiger charge is -2.22. The van der Waals surface area contributed by atoms with Gasteiger partial charge in [-0.05, 0) is 6.42 Å². The van der Waals surface area contributed by atoms with Crippen LogP contribution in [-0.4, -0.2) is 28.9 Å².